The van der Waals surface area contributed by atoms with Crippen LogP contribution in [0.5, 0.6) is 0 Å². The molecule has 4 rings (SSSR count). The Balaban J connectivity index is 1.44. The predicted molar refractivity (Wildman–Crippen MR) is 104 cm³/mol. The van der Waals surface area contributed by atoms with E-state index < -0.39 is 0 Å². The minimum atomic E-state index is 0.0505. The van der Waals surface area contributed by atoms with Crippen LogP contribution in [0.3, 0.4) is 0 Å². The summed E-state index contributed by atoms with van der Waals surface area (Å²) in [6.07, 6.45) is 7.83. The predicted octanol–water partition coefficient (Wildman–Crippen LogP) is 2.81. The van der Waals surface area contributed by atoms with Crippen molar-refractivity contribution in [1.29, 1.82) is 0 Å². The Morgan fingerprint density at radius 1 is 1.37 bits per heavy atom. The van der Waals surface area contributed by atoms with Gasteiger partial charge in [0.1, 0.15) is 5.82 Å². The highest BCUT2D eigenvalue weighted by Crippen LogP contribution is 2.37. The number of aryl methyl sites for hydroxylation is 1. The van der Waals surface area contributed by atoms with Crippen molar-refractivity contribution in [3.63, 3.8) is 0 Å². The molecule has 4 heterocycles. The highest BCUT2D eigenvalue weighted by atomic mass is 32.1. The lowest BCUT2D eigenvalue weighted by molar-refractivity contribution is 0.0788. The van der Waals surface area contributed by atoms with Gasteiger partial charge in [0.05, 0.1) is 23.7 Å². The number of carbonyl (C=O) groups excluding carboxylic acids is 1. The first-order valence-electron chi connectivity index (χ1n) is 9.15. The zero-order valence-corrected chi connectivity index (χ0v) is 16.4. The van der Waals surface area contributed by atoms with Gasteiger partial charge in [-0.25, -0.2) is 4.98 Å². The number of likely N-dealkylation sites (tertiary alicyclic amines) is 1. The van der Waals surface area contributed by atoms with Crippen molar-refractivity contribution in [2.24, 2.45) is 7.05 Å². The van der Waals surface area contributed by atoms with E-state index in [0.717, 1.165) is 35.9 Å². The smallest absolute Gasteiger partial charge is 0.264 e. The molecule has 0 spiro atoms. The summed E-state index contributed by atoms with van der Waals surface area (Å²) in [5, 5.41) is 6.84. The van der Waals surface area contributed by atoms with Gasteiger partial charge in [-0.05, 0) is 37.6 Å². The maximum absolute atomic E-state index is 12.8. The highest BCUT2D eigenvalue weighted by Gasteiger charge is 2.29. The van der Waals surface area contributed by atoms with Crippen molar-refractivity contribution in [3.8, 4) is 0 Å². The first-order chi connectivity index (χ1) is 13.1. The number of imidazole rings is 1. The third-order valence-electron chi connectivity index (χ3n) is 5.11. The van der Waals surface area contributed by atoms with E-state index in [0.29, 0.717) is 12.6 Å². The number of nitrogens with zero attached hydrogens (tertiary/aromatic N) is 5. The number of rotatable bonds is 6. The van der Waals surface area contributed by atoms with Gasteiger partial charge >= 0.3 is 0 Å². The van der Waals surface area contributed by atoms with Crippen LogP contribution in [-0.4, -0.2) is 49.0 Å². The van der Waals surface area contributed by atoms with Gasteiger partial charge in [-0.3, -0.25) is 14.8 Å². The number of hydrogen-bond acceptors (Lipinski definition) is 5. The van der Waals surface area contributed by atoms with Crippen molar-refractivity contribution in [3.05, 3.63) is 58.1 Å². The summed E-state index contributed by atoms with van der Waals surface area (Å²) >= 11 is 1.61. The largest absolute Gasteiger partial charge is 0.337 e. The molecule has 1 amide bonds. The Labute approximate surface area is 162 Å². The van der Waals surface area contributed by atoms with Crippen LogP contribution in [0.2, 0.25) is 0 Å². The minimum Gasteiger partial charge on any atom is -0.337 e. The second-order valence-corrected chi connectivity index (χ2v) is 8.14. The number of aromatic nitrogens is 4. The van der Waals surface area contributed by atoms with Crippen molar-refractivity contribution in [2.45, 2.75) is 32.0 Å². The standard InChI is InChI=1S/C19H24N6OS/c1-23-11-9-20-18(23)13-25-10-3-4-15(25)16-5-6-17(27-16)19(26)24(2)12-14-7-8-21-22-14/h5-9,11,15H,3-4,10,12-13H2,1-2H3,(H,21,22). The summed E-state index contributed by atoms with van der Waals surface area (Å²) in [6, 6.07) is 6.33. The molecule has 3 aromatic rings. The molecule has 0 aromatic carbocycles. The highest BCUT2D eigenvalue weighted by molar-refractivity contribution is 7.14. The van der Waals surface area contributed by atoms with Gasteiger partial charge in [-0.1, -0.05) is 0 Å². The van der Waals surface area contributed by atoms with E-state index in [1.165, 1.54) is 11.3 Å². The van der Waals surface area contributed by atoms with E-state index in [2.05, 4.69) is 30.7 Å². The molecule has 27 heavy (non-hydrogen) atoms. The maximum atomic E-state index is 12.8. The summed E-state index contributed by atoms with van der Waals surface area (Å²) in [5.41, 5.74) is 0.930. The van der Waals surface area contributed by atoms with E-state index in [4.69, 9.17) is 0 Å². The average Bonchev–Trinajstić information content (AvgIpc) is 3.42. The van der Waals surface area contributed by atoms with Gasteiger partial charge in [0, 0.05) is 43.6 Å². The molecule has 8 heteroatoms. The Morgan fingerprint density at radius 2 is 2.26 bits per heavy atom. The zero-order chi connectivity index (χ0) is 18.8. The summed E-state index contributed by atoms with van der Waals surface area (Å²) in [7, 11) is 3.86. The van der Waals surface area contributed by atoms with Crippen LogP contribution in [0.15, 0.2) is 36.8 Å². The Kier molecular flexibility index (Phi) is 5.09. The molecular formula is C19H24N6OS. The first kappa shape index (κ1) is 17.9. The molecule has 0 aliphatic carbocycles. The monoisotopic (exact) mass is 384 g/mol. The number of H-pyrrole nitrogens is 1. The SMILES string of the molecule is CN(Cc1ccn[nH]1)C(=O)c1ccc(C2CCCN2Cc2nccn2C)s1. The van der Waals surface area contributed by atoms with Gasteiger partial charge in [0.25, 0.3) is 5.91 Å². The van der Waals surface area contributed by atoms with Gasteiger partial charge in [-0.15, -0.1) is 11.3 Å². The molecule has 7 nitrogen and oxygen atoms in total. The molecular weight excluding hydrogens is 360 g/mol. The van der Waals surface area contributed by atoms with Crippen LogP contribution < -0.4 is 0 Å². The summed E-state index contributed by atoms with van der Waals surface area (Å²) < 4.78 is 2.07. The molecule has 0 bridgehead atoms. The molecule has 1 N–H and O–H groups in total. The molecule has 1 atom stereocenters. The molecule has 1 aliphatic heterocycles. The fraction of sp³-hybridized carbons (Fsp3) is 0.421. The lowest BCUT2D eigenvalue weighted by Gasteiger charge is -2.23. The number of nitrogens with one attached hydrogen (secondary N) is 1. The first-order valence-corrected chi connectivity index (χ1v) is 9.97. The average molecular weight is 385 g/mol. The van der Waals surface area contributed by atoms with Crippen molar-refractivity contribution >= 4 is 17.2 Å². The molecule has 1 aliphatic rings. The van der Waals surface area contributed by atoms with E-state index >= 15 is 0 Å². The number of amides is 1. The van der Waals surface area contributed by atoms with Gasteiger partial charge in [0.2, 0.25) is 0 Å². The normalized spacial score (nSPS) is 17.5. The van der Waals surface area contributed by atoms with Crippen LogP contribution >= 0.6 is 11.3 Å². The fourth-order valence-electron chi connectivity index (χ4n) is 3.60. The van der Waals surface area contributed by atoms with E-state index in [1.807, 2.05) is 38.6 Å². The molecule has 142 valence electrons. The third kappa shape index (κ3) is 3.81. The lowest BCUT2D eigenvalue weighted by Crippen LogP contribution is -2.25. The second-order valence-electron chi connectivity index (χ2n) is 7.03. The number of hydrogen-bond donors (Lipinski definition) is 1. The summed E-state index contributed by atoms with van der Waals surface area (Å²) in [6.45, 7) is 2.44. The van der Waals surface area contributed by atoms with Crippen molar-refractivity contribution in [2.75, 3.05) is 13.6 Å². The second kappa shape index (κ2) is 7.66. The maximum Gasteiger partial charge on any atom is 0.264 e. The van der Waals surface area contributed by atoms with E-state index in [1.54, 1.807) is 22.4 Å². The zero-order valence-electron chi connectivity index (χ0n) is 15.6. The van der Waals surface area contributed by atoms with Gasteiger partial charge < -0.3 is 9.47 Å². The van der Waals surface area contributed by atoms with Crippen LogP contribution in [0.4, 0.5) is 0 Å². The Hall–Kier alpha value is -2.45. The fourth-order valence-corrected chi connectivity index (χ4v) is 4.78. The minimum absolute atomic E-state index is 0.0505. The molecule has 1 saturated heterocycles. The summed E-state index contributed by atoms with van der Waals surface area (Å²) in [5.74, 6) is 1.13. The van der Waals surface area contributed by atoms with Crippen molar-refractivity contribution in [1.82, 2.24) is 29.5 Å². The number of carbonyl (C=O) groups is 1. The summed E-state index contributed by atoms with van der Waals surface area (Å²) in [4.78, 5) is 23.5. The number of thiophene rings is 1. The lowest BCUT2D eigenvalue weighted by atomic mass is 10.2. The quantitative estimate of drug-likeness (QED) is 0.709. The molecule has 0 saturated carbocycles. The van der Waals surface area contributed by atoms with Crippen LogP contribution in [-0.2, 0) is 20.1 Å². The number of aromatic amines is 1. The van der Waals surface area contributed by atoms with Crippen LogP contribution in [0.1, 0.15) is 45.0 Å². The topological polar surface area (TPSA) is 70.1 Å². The molecule has 1 fully saturated rings. The Morgan fingerprint density at radius 3 is 3.00 bits per heavy atom. The molecule has 1 unspecified atom stereocenters. The van der Waals surface area contributed by atoms with Gasteiger partial charge in [-0.2, -0.15) is 5.10 Å². The van der Waals surface area contributed by atoms with Crippen molar-refractivity contribution < 1.29 is 4.79 Å². The third-order valence-corrected chi connectivity index (χ3v) is 6.28. The van der Waals surface area contributed by atoms with Crippen LogP contribution in [0.25, 0.3) is 0 Å². The van der Waals surface area contributed by atoms with E-state index in [-0.39, 0.29) is 5.91 Å². The molecule has 0 radical (unpaired) electrons. The Bertz CT molecular complexity index is 899. The van der Waals surface area contributed by atoms with Crippen LogP contribution in [0, 0.1) is 0 Å². The van der Waals surface area contributed by atoms with E-state index in [9.17, 15) is 4.79 Å². The molecule has 3 aromatic heterocycles. The van der Waals surface area contributed by atoms with Gasteiger partial charge in [0.15, 0.2) is 0 Å².